The molecule has 1 aromatic carbocycles. The Morgan fingerprint density at radius 3 is 2.50 bits per heavy atom. The first-order valence-corrected chi connectivity index (χ1v) is 7.53. The molecule has 1 saturated carbocycles. The number of anilines is 1. The van der Waals surface area contributed by atoms with E-state index in [1.54, 1.807) is 17.0 Å². The van der Waals surface area contributed by atoms with Crippen molar-refractivity contribution in [1.29, 1.82) is 0 Å². The number of nitrogens with zero attached hydrogens (tertiary/aromatic N) is 3. The van der Waals surface area contributed by atoms with Gasteiger partial charge in [0.15, 0.2) is 0 Å². The van der Waals surface area contributed by atoms with Crippen molar-refractivity contribution in [3.05, 3.63) is 34.4 Å². The molecule has 0 aromatic heterocycles. The summed E-state index contributed by atoms with van der Waals surface area (Å²) in [6.07, 6.45) is 5.51. The molecule has 1 amide bonds. The largest absolute Gasteiger partial charge is 0.326 e. The Hall–Kier alpha value is -2.44. The van der Waals surface area contributed by atoms with E-state index in [1.165, 1.54) is 18.6 Å². The van der Waals surface area contributed by atoms with E-state index >= 15 is 0 Å². The minimum atomic E-state index is -0.436. The van der Waals surface area contributed by atoms with E-state index in [2.05, 4.69) is 10.3 Å². The SMILES string of the molecule is O=C1CN=C(Nc2ccc([N+](=O)[O-])cc2)N1C1CCCCC1. The third-order valence-corrected chi connectivity index (χ3v) is 4.14. The van der Waals surface area contributed by atoms with Crippen LogP contribution in [0.1, 0.15) is 32.1 Å². The van der Waals surface area contributed by atoms with E-state index in [0.717, 1.165) is 25.7 Å². The average Bonchev–Trinajstić information content (AvgIpc) is 2.89. The Morgan fingerprint density at radius 2 is 1.86 bits per heavy atom. The van der Waals surface area contributed by atoms with Crippen molar-refractivity contribution in [3.8, 4) is 0 Å². The predicted octanol–water partition coefficient (Wildman–Crippen LogP) is 2.54. The van der Waals surface area contributed by atoms with E-state index in [1.807, 2.05) is 0 Å². The fourth-order valence-electron chi connectivity index (χ4n) is 3.02. The molecule has 116 valence electrons. The van der Waals surface area contributed by atoms with Crippen LogP contribution in [0.5, 0.6) is 0 Å². The zero-order chi connectivity index (χ0) is 15.5. The number of guanidine groups is 1. The van der Waals surface area contributed by atoms with Crippen molar-refractivity contribution >= 4 is 23.2 Å². The number of nitro groups is 1. The molecule has 1 heterocycles. The van der Waals surface area contributed by atoms with Gasteiger partial charge in [0.05, 0.1) is 4.92 Å². The molecule has 1 aliphatic carbocycles. The van der Waals surface area contributed by atoms with Gasteiger partial charge in [-0.15, -0.1) is 0 Å². The molecule has 1 aromatic rings. The molecule has 7 heteroatoms. The summed E-state index contributed by atoms with van der Waals surface area (Å²) >= 11 is 0. The van der Waals surface area contributed by atoms with E-state index in [9.17, 15) is 14.9 Å². The molecule has 0 bridgehead atoms. The number of rotatable bonds is 3. The second kappa shape index (κ2) is 6.13. The number of aliphatic imine (C=N–C) groups is 1. The number of non-ortho nitro benzene ring substituents is 1. The van der Waals surface area contributed by atoms with Crippen LogP contribution in [-0.4, -0.2) is 34.3 Å². The van der Waals surface area contributed by atoms with Gasteiger partial charge in [0.2, 0.25) is 5.96 Å². The molecule has 7 nitrogen and oxygen atoms in total. The number of benzene rings is 1. The van der Waals surface area contributed by atoms with Gasteiger partial charge in [-0.2, -0.15) is 0 Å². The summed E-state index contributed by atoms with van der Waals surface area (Å²) in [7, 11) is 0. The Morgan fingerprint density at radius 1 is 1.18 bits per heavy atom. The third kappa shape index (κ3) is 2.93. The van der Waals surface area contributed by atoms with Gasteiger partial charge in [-0.05, 0) is 25.0 Å². The standard InChI is InChI=1S/C15H18N4O3/c20-14-10-16-15(18(14)12-4-2-1-3-5-12)17-11-6-8-13(9-7-11)19(21)22/h6-9,12H,1-5,10H2,(H,16,17). The number of carbonyl (C=O) groups excluding carboxylic acids is 1. The molecule has 1 fully saturated rings. The highest BCUT2D eigenvalue weighted by molar-refractivity contribution is 6.09. The summed E-state index contributed by atoms with van der Waals surface area (Å²) in [4.78, 5) is 28.4. The lowest BCUT2D eigenvalue weighted by Gasteiger charge is -2.31. The number of nitrogens with one attached hydrogen (secondary N) is 1. The van der Waals surface area contributed by atoms with Crippen molar-refractivity contribution in [2.45, 2.75) is 38.1 Å². The predicted molar refractivity (Wildman–Crippen MR) is 82.7 cm³/mol. The maximum absolute atomic E-state index is 12.1. The maximum Gasteiger partial charge on any atom is 0.269 e. The van der Waals surface area contributed by atoms with Gasteiger partial charge in [-0.3, -0.25) is 19.8 Å². The highest BCUT2D eigenvalue weighted by Gasteiger charge is 2.33. The van der Waals surface area contributed by atoms with Crippen LogP contribution in [0.3, 0.4) is 0 Å². The number of amides is 1. The lowest BCUT2D eigenvalue weighted by atomic mass is 9.94. The third-order valence-electron chi connectivity index (χ3n) is 4.14. The van der Waals surface area contributed by atoms with Crippen LogP contribution in [0, 0.1) is 10.1 Å². The summed E-state index contributed by atoms with van der Waals surface area (Å²) < 4.78 is 0. The van der Waals surface area contributed by atoms with E-state index < -0.39 is 4.92 Å². The first-order valence-electron chi connectivity index (χ1n) is 7.53. The second-order valence-corrected chi connectivity index (χ2v) is 5.62. The molecule has 1 aliphatic heterocycles. The van der Waals surface area contributed by atoms with Crippen LogP contribution >= 0.6 is 0 Å². The van der Waals surface area contributed by atoms with Crippen LogP contribution in [0.15, 0.2) is 29.3 Å². The number of hydrogen-bond donors (Lipinski definition) is 1. The van der Waals surface area contributed by atoms with Crippen LogP contribution in [-0.2, 0) is 4.79 Å². The zero-order valence-corrected chi connectivity index (χ0v) is 12.2. The van der Waals surface area contributed by atoms with Crippen LogP contribution in [0.25, 0.3) is 0 Å². The average molecular weight is 302 g/mol. The Labute approximate surface area is 128 Å². The first kappa shape index (κ1) is 14.5. The summed E-state index contributed by atoms with van der Waals surface area (Å²) in [6.45, 7) is 0.172. The molecule has 1 N–H and O–H groups in total. The van der Waals surface area contributed by atoms with E-state index in [4.69, 9.17) is 0 Å². The number of hydrogen-bond acceptors (Lipinski definition) is 5. The maximum atomic E-state index is 12.1. The second-order valence-electron chi connectivity index (χ2n) is 5.62. The minimum Gasteiger partial charge on any atom is -0.326 e. The highest BCUT2D eigenvalue weighted by Crippen LogP contribution is 2.25. The van der Waals surface area contributed by atoms with Crippen molar-refractivity contribution in [2.24, 2.45) is 4.99 Å². The highest BCUT2D eigenvalue weighted by atomic mass is 16.6. The van der Waals surface area contributed by atoms with E-state index in [-0.39, 0.29) is 24.2 Å². The van der Waals surface area contributed by atoms with Crippen LogP contribution in [0.2, 0.25) is 0 Å². The molecule has 0 radical (unpaired) electrons. The molecule has 0 saturated heterocycles. The Bertz CT molecular complexity index is 606. The summed E-state index contributed by atoms with van der Waals surface area (Å²) in [5.74, 6) is 0.585. The van der Waals surface area contributed by atoms with Gasteiger partial charge in [-0.25, -0.2) is 4.99 Å². The molecule has 0 atom stereocenters. The Kier molecular flexibility index (Phi) is 4.04. The number of carbonyl (C=O) groups is 1. The first-order chi connectivity index (χ1) is 10.6. The Balaban J connectivity index is 1.72. The van der Waals surface area contributed by atoms with Crippen LogP contribution in [0.4, 0.5) is 11.4 Å². The molecule has 0 unspecified atom stereocenters. The minimum absolute atomic E-state index is 0.0244. The molecule has 3 rings (SSSR count). The smallest absolute Gasteiger partial charge is 0.269 e. The fraction of sp³-hybridized carbons (Fsp3) is 0.467. The topological polar surface area (TPSA) is 87.8 Å². The van der Waals surface area contributed by atoms with Gasteiger partial charge in [0, 0.05) is 23.9 Å². The van der Waals surface area contributed by atoms with Gasteiger partial charge < -0.3 is 5.32 Å². The van der Waals surface area contributed by atoms with Crippen molar-refractivity contribution in [1.82, 2.24) is 4.90 Å². The lowest BCUT2D eigenvalue weighted by molar-refractivity contribution is -0.384. The van der Waals surface area contributed by atoms with Crippen molar-refractivity contribution < 1.29 is 9.72 Å². The van der Waals surface area contributed by atoms with E-state index in [0.29, 0.717) is 11.6 Å². The van der Waals surface area contributed by atoms with Crippen molar-refractivity contribution in [2.75, 3.05) is 11.9 Å². The lowest BCUT2D eigenvalue weighted by Crippen LogP contribution is -2.45. The normalized spacial score (nSPS) is 19.2. The van der Waals surface area contributed by atoms with Crippen LogP contribution < -0.4 is 5.32 Å². The summed E-state index contributed by atoms with van der Waals surface area (Å²) in [5, 5.41) is 13.8. The van der Waals surface area contributed by atoms with Gasteiger partial charge in [0.1, 0.15) is 6.54 Å². The quantitative estimate of drug-likeness (QED) is 0.686. The molecular weight excluding hydrogens is 284 g/mol. The molecular formula is C15H18N4O3. The zero-order valence-electron chi connectivity index (χ0n) is 12.2. The molecule has 0 spiro atoms. The van der Waals surface area contributed by atoms with Gasteiger partial charge in [-0.1, -0.05) is 19.3 Å². The van der Waals surface area contributed by atoms with Gasteiger partial charge >= 0.3 is 0 Å². The molecule has 2 aliphatic rings. The number of nitro benzene ring substituents is 1. The van der Waals surface area contributed by atoms with Gasteiger partial charge in [0.25, 0.3) is 11.6 Å². The monoisotopic (exact) mass is 302 g/mol. The summed E-state index contributed by atoms with van der Waals surface area (Å²) in [5.41, 5.74) is 0.735. The fourth-order valence-corrected chi connectivity index (χ4v) is 3.02. The summed E-state index contributed by atoms with van der Waals surface area (Å²) in [6, 6.07) is 6.34. The van der Waals surface area contributed by atoms with Crippen molar-refractivity contribution in [3.63, 3.8) is 0 Å². The molecule has 22 heavy (non-hydrogen) atoms.